The largest absolute Gasteiger partial charge is 0.396 e. The number of nitrogens with zero attached hydrogens (tertiary/aromatic N) is 2. The zero-order valence-corrected chi connectivity index (χ0v) is 11.7. The minimum atomic E-state index is 0.233. The average Bonchev–Trinajstić information content (AvgIpc) is 2.38. The lowest BCUT2D eigenvalue weighted by molar-refractivity contribution is 0.282. The Bertz CT molecular complexity index is 381. The molecule has 5 heteroatoms. The Labute approximate surface area is 109 Å². The SMILES string of the molecule is CCc1nc(NC)c(C)c(NC(C)CCCO)n1. The summed E-state index contributed by atoms with van der Waals surface area (Å²) in [5.74, 6) is 2.59. The van der Waals surface area contributed by atoms with Gasteiger partial charge in [0.1, 0.15) is 17.5 Å². The third-order valence-corrected chi connectivity index (χ3v) is 2.92. The van der Waals surface area contributed by atoms with Crippen LogP contribution >= 0.6 is 0 Å². The Balaban J connectivity index is 2.86. The molecule has 1 unspecified atom stereocenters. The smallest absolute Gasteiger partial charge is 0.134 e. The minimum Gasteiger partial charge on any atom is -0.396 e. The van der Waals surface area contributed by atoms with E-state index in [9.17, 15) is 0 Å². The first-order valence-corrected chi connectivity index (χ1v) is 6.55. The molecule has 0 radical (unpaired) electrons. The van der Waals surface area contributed by atoms with E-state index in [0.717, 1.165) is 42.3 Å². The number of hydrogen-bond acceptors (Lipinski definition) is 5. The zero-order valence-electron chi connectivity index (χ0n) is 11.7. The summed E-state index contributed by atoms with van der Waals surface area (Å²) in [7, 11) is 1.87. The van der Waals surface area contributed by atoms with E-state index in [4.69, 9.17) is 5.11 Å². The van der Waals surface area contributed by atoms with Crippen LogP contribution in [0.4, 0.5) is 11.6 Å². The van der Waals surface area contributed by atoms with Gasteiger partial charge in [0.05, 0.1) is 0 Å². The summed E-state index contributed by atoms with van der Waals surface area (Å²) in [5.41, 5.74) is 1.03. The molecular formula is C13H24N4O. The molecule has 0 aliphatic heterocycles. The molecule has 18 heavy (non-hydrogen) atoms. The van der Waals surface area contributed by atoms with Crippen LogP contribution in [0.15, 0.2) is 0 Å². The van der Waals surface area contributed by atoms with Gasteiger partial charge in [-0.15, -0.1) is 0 Å². The maximum atomic E-state index is 8.84. The van der Waals surface area contributed by atoms with Crippen molar-refractivity contribution >= 4 is 11.6 Å². The number of nitrogens with one attached hydrogen (secondary N) is 2. The molecule has 0 saturated carbocycles. The minimum absolute atomic E-state index is 0.233. The molecule has 0 fully saturated rings. The number of aliphatic hydroxyl groups is 1. The molecule has 5 nitrogen and oxygen atoms in total. The van der Waals surface area contributed by atoms with Gasteiger partial charge in [-0.25, -0.2) is 9.97 Å². The first kappa shape index (κ1) is 14.7. The first-order valence-electron chi connectivity index (χ1n) is 6.55. The van der Waals surface area contributed by atoms with Crippen LogP contribution in [0.3, 0.4) is 0 Å². The molecule has 0 spiro atoms. The molecule has 1 aromatic heterocycles. The summed E-state index contributed by atoms with van der Waals surface area (Å²) in [4.78, 5) is 8.96. The average molecular weight is 252 g/mol. The van der Waals surface area contributed by atoms with Crippen LogP contribution in [-0.2, 0) is 6.42 Å². The van der Waals surface area contributed by atoms with Gasteiger partial charge in [-0.1, -0.05) is 6.92 Å². The van der Waals surface area contributed by atoms with E-state index in [-0.39, 0.29) is 6.61 Å². The predicted octanol–water partition coefficient (Wildman–Crippen LogP) is 1.96. The molecular weight excluding hydrogens is 228 g/mol. The fourth-order valence-corrected chi connectivity index (χ4v) is 1.81. The van der Waals surface area contributed by atoms with Crippen molar-refractivity contribution in [1.82, 2.24) is 9.97 Å². The van der Waals surface area contributed by atoms with Crippen LogP contribution in [0, 0.1) is 6.92 Å². The standard InChI is InChI=1S/C13H24N4O/c1-5-11-16-12(14-4)10(3)13(17-11)15-9(2)7-6-8-18/h9,18H,5-8H2,1-4H3,(H2,14,15,16,17). The van der Waals surface area contributed by atoms with Crippen molar-refractivity contribution in [2.24, 2.45) is 0 Å². The molecule has 1 heterocycles. The highest BCUT2D eigenvalue weighted by molar-refractivity contribution is 5.57. The zero-order chi connectivity index (χ0) is 13.5. The van der Waals surface area contributed by atoms with Crippen molar-refractivity contribution < 1.29 is 5.11 Å². The van der Waals surface area contributed by atoms with Crippen molar-refractivity contribution in [2.45, 2.75) is 46.1 Å². The fraction of sp³-hybridized carbons (Fsp3) is 0.692. The quantitative estimate of drug-likeness (QED) is 0.692. The van der Waals surface area contributed by atoms with Gasteiger partial charge in [-0.05, 0) is 26.7 Å². The van der Waals surface area contributed by atoms with E-state index >= 15 is 0 Å². The molecule has 1 aromatic rings. The monoisotopic (exact) mass is 252 g/mol. The second-order valence-corrected chi connectivity index (χ2v) is 4.48. The van der Waals surface area contributed by atoms with E-state index in [2.05, 4.69) is 27.5 Å². The first-order chi connectivity index (χ1) is 8.62. The van der Waals surface area contributed by atoms with Crippen LogP contribution in [0.25, 0.3) is 0 Å². The number of aromatic nitrogens is 2. The van der Waals surface area contributed by atoms with Gasteiger partial charge < -0.3 is 15.7 Å². The Hall–Kier alpha value is -1.36. The highest BCUT2D eigenvalue weighted by atomic mass is 16.2. The molecule has 1 rings (SSSR count). The lowest BCUT2D eigenvalue weighted by atomic mass is 10.2. The molecule has 0 amide bonds. The molecule has 0 saturated heterocycles. The highest BCUT2D eigenvalue weighted by Crippen LogP contribution is 2.21. The number of anilines is 2. The van der Waals surface area contributed by atoms with Crippen LogP contribution in [-0.4, -0.2) is 34.8 Å². The van der Waals surface area contributed by atoms with Gasteiger partial charge in [0.2, 0.25) is 0 Å². The van der Waals surface area contributed by atoms with Gasteiger partial charge in [0, 0.05) is 31.7 Å². The van der Waals surface area contributed by atoms with Gasteiger partial charge in [-0.2, -0.15) is 0 Å². The summed E-state index contributed by atoms with van der Waals surface area (Å²) in [6, 6.07) is 0.292. The molecule has 1 atom stereocenters. The Morgan fingerprint density at radius 3 is 2.50 bits per heavy atom. The summed E-state index contributed by atoms with van der Waals surface area (Å²) < 4.78 is 0. The molecule has 0 bridgehead atoms. The second kappa shape index (κ2) is 7.16. The van der Waals surface area contributed by atoms with E-state index in [1.54, 1.807) is 0 Å². The van der Waals surface area contributed by atoms with Gasteiger partial charge in [-0.3, -0.25) is 0 Å². The van der Waals surface area contributed by atoms with Crippen molar-refractivity contribution in [3.05, 3.63) is 11.4 Å². The maximum absolute atomic E-state index is 8.84. The number of aryl methyl sites for hydroxylation is 1. The number of rotatable bonds is 7. The van der Waals surface area contributed by atoms with Gasteiger partial charge >= 0.3 is 0 Å². The van der Waals surface area contributed by atoms with Gasteiger partial charge in [0.15, 0.2) is 0 Å². The third-order valence-electron chi connectivity index (χ3n) is 2.92. The van der Waals surface area contributed by atoms with Gasteiger partial charge in [0.25, 0.3) is 0 Å². The summed E-state index contributed by atoms with van der Waals surface area (Å²) in [6.45, 7) is 6.38. The molecule has 102 valence electrons. The highest BCUT2D eigenvalue weighted by Gasteiger charge is 2.11. The molecule has 0 aliphatic carbocycles. The third kappa shape index (κ3) is 3.84. The number of hydrogen-bond donors (Lipinski definition) is 3. The van der Waals surface area contributed by atoms with Crippen LogP contribution < -0.4 is 10.6 Å². The fourth-order valence-electron chi connectivity index (χ4n) is 1.81. The van der Waals surface area contributed by atoms with Crippen molar-refractivity contribution in [3.8, 4) is 0 Å². The summed E-state index contributed by atoms with van der Waals surface area (Å²) in [6.07, 6.45) is 2.54. The van der Waals surface area contributed by atoms with Crippen LogP contribution in [0.2, 0.25) is 0 Å². The van der Waals surface area contributed by atoms with E-state index in [1.165, 1.54) is 0 Å². The van der Waals surface area contributed by atoms with Crippen LogP contribution in [0.5, 0.6) is 0 Å². The summed E-state index contributed by atoms with van der Waals surface area (Å²) in [5, 5.41) is 15.3. The van der Waals surface area contributed by atoms with Crippen molar-refractivity contribution in [2.75, 3.05) is 24.3 Å². The molecule has 0 aromatic carbocycles. The Kier molecular flexibility index (Phi) is 5.85. The topological polar surface area (TPSA) is 70.1 Å². The number of aliphatic hydroxyl groups excluding tert-OH is 1. The van der Waals surface area contributed by atoms with E-state index in [1.807, 2.05) is 20.9 Å². The second-order valence-electron chi connectivity index (χ2n) is 4.48. The maximum Gasteiger partial charge on any atom is 0.134 e. The van der Waals surface area contributed by atoms with Crippen LogP contribution in [0.1, 0.15) is 38.1 Å². The van der Waals surface area contributed by atoms with Crippen molar-refractivity contribution in [1.29, 1.82) is 0 Å². The Morgan fingerprint density at radius 2 is 1.94 bits per heavy atom. The van der Waals surface area contributed by atoms with Crippen molar-refractivity contribution in [3.63, 3.8) is 0 Å². The van der Waals surface area contributed by atoms with E-state index in [0.29, 0.717) is 6.04 Å². The lowest BCUT2D eigenvalue weighted by Crippen LogP contribution is -2.18. The Morgan fingerprint density at radius 1 is 1.28 bits per heavy atom. The normalized spacial score (nSPS) is 12.3. The molecule has 3 N–H and O–H groups in total. The van der Waals surface area contributed by atoms with E-state index < -0.39 is 0 Å². The molecule has 0 aliphatic rings. The summed E-state index contributed by atoms with van der Waals surface area (Å²) >= 11 is 0. The lowest BCUT2D eigenvalue weighted by Gasteiger charge is -2.18. The predicted molar refractivity (Wildman–Crippen MR) is 75.1 cm³/mol.